The smallest absolute Gasteiger partial charge is 0.316 e. The highest BCUT2D eigenvalue weighted by molar-refractivity contribution is 6.10. The molecule has 8 nitrogen and oxygen atoms in total. The SMILES string of the molecule is CCn1c(=O)c(=O)[nH]c2cc(C(=O)Nc3cc4oc5ccccc5c4cc3OC)ccc21. The second-order valence-electron chi connectivity index (χ2n) is 7.34. The van der Waals surface area contributed by atoms with E-state index in [9.17, 15) is 14.4 Å². The van der Waals surface area contributed by atoms with E-state index in [-0.39, 0.29) is 0 Å². The highest BCUT2D eigenvalue weighted by Gasteiger charge is 2.16. The molecule has 8 heteroatoms. The third-order valence-corrected chi connectivity index (χ3v) is 5.50. The molecule has 0 aliphatic carbocycles. The Balaban J connectivity index is 1.56. The van der Waals surface area contributed by atoms with Crippen molar-refractivity contribution in [1.82, 2.24) is 9.55 Å². The first-order chi connectivity index (χ1) is 15.5. The minimum atomic E-state index is -0.728. The Hall–Kier alpha value is -4.33. The molecule has 2 N–H and O–H groups in total. The molecule has 160 valence electrons. The molecule has 32 heavy (non-hydrogen) atoms. The number of fused-ring (bicyclic) bond motifs is 4. The molecule has 0 atom stereocenters. The number of furan rings is 1. The number of carbonyl (C=O) groups excluding carboxylic acids is 1. The third-order valence-electron chi connectivity index (χ3n) is 5.50. The van der Waals surface area contributed by atoms with Gasteiger partial charge in [-0.25, -0.2) is 0 Å². The molecule has 0 bridgehead atoms. The molecule has 2 aromatic heterocycles. The lowest BCUT2D eigenvalue weighted by molar-refractivity contribution is 0.102. The van der Waals surface area contributed by atoms with Crippen LogP contribution < -0.4 is 21.2 Å². The number of aryl methyl sites for hydroxylation is 1. The number of hydrogen-bond donors (Lipinski definition) is 2. The molecule has 0 fully saturated rings. The lowest BCUT2D eigenvalue weighted by Crippen LogP contribution is -2.36. The van der Waals surface area contributed by atoms with Crippen LogP contribution in [0.5, 0.6) is 5.75 Å². The summed E-state index contributed by atoms with van der Waals surface area (Å²) in [5.74, 6) is 0.0992. The van der Waals surface area contributed by atoms with Crippen LogP contribution in [0.15, 0.2) is 68.6 Å². The Labute approximate surface area is 181 Å². The number of para-hydroxylation sites is 1. The van der Waals surface area contributed by atoms with Gasteiger partial charge in [0.05, 0.1) is 23.8 Å². The number of rotatable bonds is 4. The number of methoxy groups -OCH3 is 1. The van der Waals surface area contributed by atoms with E-state index in [0.29, 0.717) is 40.2 Å². The van der Waals surface area contributed by atoms with Gasteiger partial charge in [-0.15, -0.1) is 0 Å². The molecule has 0 aliphatic heterocycles. The number of benzene rings is 3. The molecule has 0 unspecified atom stereocenters. The zero-order valence-electron chi connectivity index (χ0n) is 17.4. The molecule has 0 saturated carbocycles. The standard InChI is InChI=1S/C24H19N3O5/c1-3-27-18-9-8-13(10-16(18)25-23(29)24(27)30)22(28)26-17-12-20-15(11-21(17)31-2)14-6-4-5-7-19(14)32-20/h4-12H,3H2,1-2H3,(H,25,29)(H,26,28). The number of H-pyrrole nitrogens is 1. The number of carbonyl (C=O) groups is 1. The number of amides is 1. The van der Waals surface area contributed by atoms with Crippen molar-refractivity contribution in [3.8, 4) is 5.75 Å². The van der Waals surface area contributed by atoms with Crippen molar-refractivity contribution in [3.05, 3.63) is 80.9 Å². The lowest BCUT2D eigenvalue weighted by Gasteiger charge is -2.12. The summed E-state index contributed by atoms with van der Waals surface area (Å²) < 4.78 is 12.8. The van der Waals surface area contributed by atoms with Crippen LogP contribution in [-0.2, 0) is 6.54 Å². The molecule has 2 heterocycles. The fraction of sp³-hybridized carbons (Fsp3) is 0.125. The van der Waals surface area contributed by atoms with Gasteiger partial charge in [0, 0.05) is 28.9 Å². The van der Waals surface area contributed by atoms with E-state index < -0.39 is 17.0 Å². The van der Waals surface area contributed by atoms with Gasteiger partial charge in [0.15, 0.2) is 0 Å². The topological polar surface area (TPSA) is 106 Å². The molecule has 3 aromatic carbocycles. The van der Waals surface area contributed by atoms with Crippen LogP contribution in [0.25, 0.3) is 33.0 Å². The third kappa shape index (κ3) is 3.04. The molecule has 1 amide bonds. The van der Waals surface area contributed by atoms with Gasteiger partial charge in [-0.05, 0) is 37.3 Å². The average molecular weight is 429 g/mol. The van der Waals surface area contributed by atoms with E-state index in [1.165, 1.54) is 11.7 Å². The average Bonchev–Trinajstić information content (AvgIpc) is 3.16. The highest BCUT2D eigenvalue weighted by Crippen LogP contribution is 2.36. The van der Waals surface area contributed by atoms with Gasteiger partial charge in [-0.2, -0.15) is 0 Å². The second-order valence-corrected chi connectivity index (χ2v) is 7.34. The van der Waals surface area contributed by atoms with Crippen LogP contribution >= 0.6 is 0 Å². The highest BCUT2D eigenvalue weighted by atomic mass is 16.5. The number of nitrogens with zero attached hydrogens (tertiary/aromatic N) is 1. The van der Waals surface area contributed by atoms with Crippen LogP contribution in [0, 0.1) is 0 Å². The number of hydrogen-bond acceptors (Lipinski definition) is 5. The molecule has 5 rings (SSSR count). The van der Waals surface area contributed by atoms with Crippen molar-refractivity contribution in [3.63, 3.8) is 0 Å². The monoisotopic (exact) mass is 429 g/mol. The summed E-state index contributed by atoms with van der Waals surface area (Å²) in [7, 11) is 1.53. The van der Waals surface area contributed by atoms with Crippen LogP contribution in [0.2, 0.25) is 0 Å². The van der Waals surface area contributed by atoms with Gasteiger partial charge in [-0.1, -0.05) is 18.2 Å². The molecule has 0 spiro atoms. The maximum absolute atomic E-state index is 13.0. The van der Waals surface area contributed by atoms with Gasteiger partial charge >= 0.3 is 11.1 Å². The first-order valence-electron chi connectivity index (χ1n) is 10.1. The maximum atomic E-state index is 13.0. The van der Waals surface area contributed by atoms with Crippen molar-refractivity contribution < 1.29 is 13.9 Å². The number of ether oxygens (including phenoxy) is 1. The number of aromatic amines is 1. The first-order valence-corrected chi connectivity index (χ1v) is 10.1. The predicted octanol–water partition coefficient (Wildman–Crippen LogP) is 3.87. The fourth-order valence-electron chi connectivity index (χ4n) is 3.95. The minimum absolute atomic E-state index is 0.321. The van der Waals surface area contributed by atoms with E-state index in [4.69, 9.17) is 9.15 Å². The molecule has 0 saturated heterocycles. The van der Waals surface area contributed by atoms with E-state index in [2.05, 4.69) is 10.3 Å². The van der Waals surface area contributed by atoms with Gasteiger partial charge in [0.2, 0.25) is 0 Å². The molecule has 0 aliphatic rings. The van der Waals surface area contributed by atoms with Crippen molar-refractivity contribution >= 4 is 44.6 Å². The maximum Gasteiger partial charge on any atom is 0.316 e. The van der Waals surface area contributed by atoms with E-state index in [0.717, 1.165) is 16.4 Å². The Bertz CT molecular complexity index is 1640. The zero-order valence-corrected chi connectivity index (χ0v) is 17.4. The van der Waals surface area contributed by atoms with Crippen LogP contribution in [0.1, 0.15) is 17.3 Å². The van der Waals surface area contributed by atoms with Crippen molar-refractivity contribution in [1.29, 1.82) is 0 Å². The predicted molar refractivity (Wildman–Crippen MR) is 123 cm³/mol. The molecule has 5 aromatic rings. The molecular formula is C24H19N3O5. The van der Waals surface area contributed by atoms with E-state index >= 15 is 0 Å². The second kappa shape index (κ2) is 7.42. The Morgan fingerprint density at radius 3 is 2.66 bits per heavy atom. The summed E-state index contributed by atoms with van der Waals surface area (Å²) in [6, 6.07) is 16.0. The van der Waals surface area contributed by atoms with Crippen molar-refractivity contribution in [2.75, 3.05) is 12.4 Å². The van der Waals surface area contributed by atoms with Crippen molar-refractivity contribution in [2.24, 2.45) is 0 Å². The zero-order chi connectivity index (χ0) is 22.4. The summed E-state index contributed by atoms with van der Waals surface area (Å²) in [5.41, 5.74) is 1.75. The van der Waals surface area contributed by atoms with Crippen molar-refractivity contribution in [2.45, 2.75) is 13.5 Å². The van der Waals surface area contributed by atoms with Crippen LogP contribution in [-0.4, -0.2) is 22.6 Å². The lowest BCUT2D eigenvalue weighted by atomic mass is 10.1. The normalized spacial score (nSPS) is 11.3. The van der Waals surface area contributed by atoms with Crippen LogP contribution in [0.3, 0.4) is 0 Å². The summed E-state index contributed by atoms with van der Waals surface area (Å²) in [5, 5.41) is 4.69. The van der Waals surface area contributed by atoms with Gasteiger partial charge < -0.3 is 24.0 Å². The largest absolute Gasteiger partial charge is 0.495 e. The van der Waals surface area contributed by atoms with Gasteiger partial charge in [0.1, 0.15) is 16.9 Å². The number of aromatic nitrogens is 2. The number of nitrogens with one attached hydrogen (secondary N) is 2. The molecular weight excluding hydrogens is 410 g/mol. The van der Waals surface area contributed by atoms with Gasteiger partial charge in [-0.3, -0.25) is 14.4 Å². The Kier molecular flexibility index (Phi) is 4.55. The Morgan fingerprint density at radius 2 is 1.88 bits per heavy atom. The summed E-state index contributed by atoms with van der Waals surface area (Å²) in [6.07, 6.45) is 0. The molecule has 0 radical (unpaired) electrons. The fourth-order valence-corrected chi connectivity index (χ4v) is 3.95. The van der Waals surface area contributed by atoms with Gasteiger partial charge in [0.25, 0.3) is 5.91 Å². The number of anilines is 1. The quantitative estimate of drug-likeness (QED) is 0.422. The minimum Gasteiger partial charge on any atom is -0.495 e. The summed E-state index contributed by atoms with van der Waals surface area (Å²) in [6.45, 7) is 2.13. The van der Waals surface area contributed by atoms with Crippen LogP contribution in [0.4, 0.5) is 5.69 Å². The van der Waals surface area contributed by atoms with E-state index in [1.54, 1.807) is 31.2 Å². The first kappa shape index (κ1) is 19.6. The van der Waals surface area contributed by atoms with E-state index in [1.807, 2.05) is 30.3 Å². The summed E-state index contributed by atoms with van der Waals surface area (Å²) in [4.78, 5) is 39.5. The Morgan fingerprint density at radius 1 is 1.06 bits per heavy atom. The summed E-state index contributed by atoms with van der Waals surface area (Å²) >= 11 is 0.